The molecule has 4 nitrogen and oxygen atoms in total. The van der Waals surface area contributed by atoms with Crippen LogP contribution in [0.5, 0.6) is 5.75 Å². The fourth-order valence-electron chi connectivity index (χ4n) is 2.31. The van der Waals surface area contributed by atoms with Gasteiger partial charge in [-0.05, 0) is 25.5 Å². The van der Waals surface area contributed by atoms with Gasteiger partial charge >= 0.3 is 0 Å². The Balaban J connectivity index is 2.12. The molecule has 1 fully saturated rings. The van der Waals surface area contributed by atoms with Crippen LogP contribution in [0.3, 0.4) is 0 Å². The minimum atomic E-state index is -0.0628. The molecule has 0 N–H and O–H groups in total. The molecule has 0 saturated carbocycles. The molecule has 0 aromatic heterocycles. The van der Waals surface area contributed by atoms with Crippen molar-refractivity contribution in [3.05, 3.63) is 29.8 Å². The predicted molar refractivity (Wildman–Crippen MR) is 71.7 cm³/mol. The topological polar surface area (TPSA) is 44.8 Å². The number of methoxy groups -OCH3 is 1. The lowest BCUT2D eigenvalue weighted by Crippen LogP contribution is -2.22. The van der Waals surface area contributed by atoms with Crippen LogP contribution in [0.25, 0.3) is 0 Å². The van der Waals surface area contributed by atoms with Crippen LogP contribution in [0.15, 0.2) is 24.3 Å². The molecule has 1 saturated heterocycles. The first-order chi connectivity index (χ1) is 9.24. The van der Waals surface area contributed by atoms with E-state index < -0.39 is 0 Å². The Morgan fingerprint density at radius 2 is 2.16 bits per heavy atom. The third-order valence-electron chi connectivity index (χ3n) is 3.41. The number of hydrogen-bond donors (Lipinski definition) is 0. The lowest BCUT2D eigenvalue weighted by Gasteiger charge is -2.15. The van der Waals surface area contributed by atoms with E-state index >= 15 is 0 Å². The minimum Gasteiger partial charge on any atom is -0.490 e. The molecule has 2 rings (SSSR count). The van der Waals surface area contributed by atoms with Gasteiger partial charge in [0.15, 0.2) is 5.78 Å². The smallest absolute Gasteiger partial charge is 0.172 e. The van der Waals surface area contributed by atoms with E-state index in [-0.39, 0.29) is 17.8 Å². The second-order valence-corrected chi connectivity index (χ2v) is 4.67. The number of ether oxygens (including phenoxy) is 3. The van der Waals surface area contributed by atoms with Gasteiger partial charge in [0.2, 0.25) is 0 Å². The van der Waals surface area contributed by atoms with E-state index in [1.807, 2.05) is 31.2 Å². The predicted octanol–water partition coefficient (Wildman–Crippen LogP) is 2.32. The van der Waals surface area contributed by atoms with Crippen molar-refractivity contribution in [2.24, 2.45) is 5.92 Å². The van der Waals surface area contributed by atoms with Gasteiger partial charge in [0.05, 0.1) is 24.2 Å². The van der Waals surface area contributed by atoms with E-state index in [1.54, 1.807) is 7.11 Å². The Bertz CT molecular complexity index is 430. The Labute approximate surface area is 113 Å². The second-order valence-electron chi connectivity index (χ2n) is 4.67. The second kappa shape index (κ2) is 6.68. The minimum absolute atomic E-state index is 0.0143. The van der Waals surface area contributed by atoms with Gasteiger partial charge in [0, 0.05) is 13.7 Å². The number of carbonyl (C=O) groups is 1. The van der Waals surface area contributed by atoms with Crippen molar-refractivity contribution in [3.8, 4) is 5.75 Å². The number of Topliss-reactive ketones (excluding diaryl/α,β-unsaturated/α-hetero) is 1. The van der Waals surface area contributed by atoms with Gasteiger partial charge in [0.25, 0.3) is 0 Å². The van der Waals surface area contributed by atoms with Crippen molar-refractivity contribution in [3.63, 3.8) is 0 Å². The maximum atomic E-state index is 12.5. The molecule has 1 heterocycles. The van der Waals surface area contributed by atoms with E-state index in [1.165, 1.54) is 0 Å². The highest BCUT2D eigenvalue weighted by atomic mass is 16.5. The molecule has 0 aliphatic carbocycles. The number of rotatable bonds is 6. The van der Waals surface area contributed by atoms with Crippen molar-refractivity contribution in [2.75, 3.05) is 26.9 Å². The number of ketones is 1. The van der Waals surface area contributed by atoms with Gasteiger partial charge in [-0.15, -0.1) is 0 Å². The Morgan fingerprint density at radius 3 is 2.84 bits per heavy atom. The van der Waals surface area contributed by atoms with Crippen molar-refractivity contribution in [2.45, 2.75) is 19.4 Å². The van der Waals surface area contributed by atoms with Crippen molar-refractivity contribution < 1.29 is 19.0 Å². The van der Waals surface area contributed by atoms with Crippen LogP contribution < -0.4 is 4.74 Å². The summed E-state index contributed by atoms with van der Waals surface area (Å²) in [4.78, 5) is 12.5. The molecule has 1 aliphatic rings. The molecule has 2 atom stereocenters. The summed E-state index contributed by atoms with van der Waals surface area (Å²) in [6.07, 6.45) is 0.770. The molecule has 0 radical (unpaired) electrons. The molecule has 19 heavy (non-hydrogen) atoms. The summed E-state index contributed by atoms with van der Waals surface area (Å²) in [5.41, 5.74) is 0.640. The van der Waals surface area contributed by atoms with Gasteiger partial charge in [-0.3, -0.25) is 4.79 Å². The van der Waals surface area contributed by atoms with E-state index in [0.29, 0.717) is 31.1 Å². The SMILES string of the molecule is COCCOc1ccccc1C(=O)C1CCOC1C. The fraction of sp³-hybridized carbons (Fsp3) is 0.533. The number of benzene rings is 1. The standard InChI is InChI=1S/C15H20O4/c1-11-12(7-8-18-11)15(16)13-5-3-4-6-14(13)19-10-9-17-2/h3-6,11-12H,7-10H2,1-2H3. The first kappa shape index (κ1) is 14.0. The average molecular weight is 264 g/mol. The highest BCUT2D eigenvalue weighted by Crippen LogP contribution is 2.28. The summed E-state index contributed by atoms with van der Waals surface area (Å²) in [6.45, 7) is 3.55. The Hall–Kier alpha value is -1.39. The fourth-order valence-corrected chi connectivity index (χ4v) is 2.31. The van der Waals surface area contributed by atoms with Gasteiger partial charge in [-0.2, -0.15) is 0 Å². The van der Waals surface area contributed by atoms with E-state index in [2.05, 4.69) is 0 Å². The normalized spacial score (nSPS) is 22.4. The maximum absolute atomic E-state index is 12.5. The molecule has 4 heteroatoms. The number of para-hydroxylation sites is 1. The van der Waals surface area contributed by atoms with Crippen LogP contribution in [-0.2, 0) is 9.47 Å². The summed E-state index contributed by atoms with van der Waals surface area (Å²) >= 11 is 0. The molecule has 1 aromatic carbocycles. The van der Waals surface area contributed by atoms with Crippen molar-refractivity contribution in [1.29, 1.82) is 0 Å². The molecule has 0 spiro atoms. The lowest BCUT2D eigenvalue weighted by atomic mass is 9.92. The zero-order chi connectivity index (χ0) is 13.7. The molecule has 104 valence electrons. The summed E-state index contributed by atoms with van der Waals surface area (Å²) in [5.74, 6) is 0.675. The van der Waals surface area contributed by atoms with E-state index in [9.17, 15) is 4.79 Å². The van der Waals surface area contributed by atoms with Gasteiger partial charge in [-0.1, -0.05) is 12.1 Å². The zero-order valence-corrected chi connectivity index (χ0v) is 11.4. The number of hydrogen-bond acceptors (Lipinski definition) is 4. The van der Waals surface area contributed by atoms with Crippen molar-refractivity contribution in [1.82, 2.24) is 0 Å². The van der Waals surface area contributed by atoms with Crippen LogP contribution in [0.2, 0.25) is 0 Å². The molecule has 1 aromatic rings. The molecule has 0 amide bonds. The van der Waals surface area contributed by atoms with Crippen molar-refractivity contribution >= 4 is 5.78 Å². The zero-order valence-electron chi connectivity index (χ0n) is 11.4. The summed E-state index contributed by atoms with van der Waals surface area (Å²) < 4.78 is 16.0. The third-order valence-corrected chi connectivity index (χ3v) is 3.41. The molecular weight excluding hydrogens is 244 g/mol. The lowest BCUT2D eigenvalue weighted by molar-refractivity contribution is 0.0759. The van der Waals surface area contributed by atoms with E-state index in [4.69, 9.17) is 14.2 Å². The summed E-state index contributed by atoms with van der Waals surface area (Å²) in [7, 11) is 1.62. The van der Waals surface area contributed by atoms with Gasteiger partial charge in [0.1, 0.15) is 12.4 Å². The average Bonchev–Trinajstić information content (AvgIpc) is 2.85. The largest absolute Gasteiger partial charge is 0.490 e. The highest BCUT2D eigenvalue weighted by Gasteiger charge is 2.32. The summed E-state index contributed by atoms with van der Waals surface area (Å²) in [5, 5.41) is 0. The van der Waals surface area contributed by atoms with Crippen LogP contribution in [-0.4, -0.2) is 38.8 Å². The maximum Gasteiger partial charge on any atom is 0.172 e. The monoisotopic (exact) mass is 264 g/mol. The first-order valence-electron chi connectivity index (χ1n) is 6.60. The van der Waals surface area contributed by atoms with Crippen LogP contribution >= 0.6 is 0 Å². The molecule has 0 bridgehead atoms. The Morgan fingerprint density at radius 1 is 1.37 bits per heavy atom. The molecule has 2 unspecified atom stereocenters. The third kappa shape index (κ3) is 3.33. The molecular formula is C15H20O4. The van der Waals surface area contributed by atoms with Gasteiger partial charge < -0.3 is 14.2 Å². The van der Waals surface area contributed by atoms with Crippen LogP contribution in [0, 0.1) is 5.92 Å². The van der Waals surface area contributed by atoms with E-state index in [0.717, 1.165) is 6.42 Å². The Kier molecular flexibility index (Phi) is 4.93. The van der Waals surface area contributed by atoms with Crippen LogP contribution in [0.4, 0.5) is 0 Å². The summed E-state index contributed by atoms with van der Waals surface area (Å²) in [6, 6.07) is 7.36. The molecule has 1 aliphatic heterocycles. The van der Waals surface area contributed by atoms with Gasteiger partial charge in [-0.25, -0.2) is 0 Å². The number of carbonyl (C=O) groups excluding carboxylic acids is 1. The quantitative estimate of drug-likeness (QED) is 0.584. The first-order valence-corrected chi connectivity index (χ1v) is 6.60. The van der Waals surface area contributed by atoms with Crippen LogP contribution in [0.1, 0.15) is 23.7 Å². The highest BCUT2D eigenvalue weighted by molar-refractivity contribution is 6.00.